The molecule has 4 rings (SSSR count). The minimum atomic E-state index is -3.75. The van der Waals surface area contributed by atoms with Crippen LogP contribution in [0, 0.1) is 5.92 Å². The second-order valence-electron chi connectivity index (χ2n) is 9.52. The van der Waals surface area contributed by atoms with Crippen LogP contribution in [-0.4, -0.2) is 38.2 Å². The first-order valence-electron chi connectivity index (χ1n) is 11.9. The number of carbonyl (C=O) groups excluding carboxylic acids is 1. The van der Waals surface area contributed by atoms with Gasteiger partial charge in [0, 0.05) is 24.6 Å². The summed E-state index contributed by atoms with van der Waals surface area (Å²) in [6, 6.07) is 17.6. The molecule has 1 N–H and O–H groups in total. The Labute approximate surface area is 202 Å². The van der Waals surface area contributed by atoms with Crippen molar-refractivity contribution in [2.24, 2.45) is 10.3 Å². The van der Waals surface area contributed by atoms with Crippen LogP contribution in [0.15, 0.2) is 64.6 Å². The van der Waals surface area contributed by atoms with Crippen LogP contribution in [0.2, 0.25) is 0 Å². The molecule has 0 unspecified atom stereocenters. The van der Waals surface area contributed by atoms with Crippen LogP contribution in [0.25, 0.3) is 4.91 Å². The Morgan fingerprint density at radius 1 is 0.971 bits per heavy atom. The lowest BCUT2D eigenvalue weighted by atomic mass is 9.94. The van der Waals surface area contributed by atoms with Crippen molar-refractivity contribution in [2.45, 2.75) is 52.5 Å². The van der Waals surface area contributed by atoms with E-state index in [-0.39, 0.29) is 22.8 Å². The molecule has 1 atom stereocenters. The average molecular weight is 480 g/mol. The molecule has 1 amide bonds. The molecule has 2 aromatic rings. The molecule has 1 fully saturated rings. The monoisotopic (exact) mass is 479 g/mol. The zero-order valence-electron chi connectivity index (χ0n) is 20.3. The average Bonchev–Trinajstić information content (AvgIpc) is 3.08. The Balaban J connectivity index is 1.43. The van der Waals surface area contributed by atoms with Crippen LogP contribution in [0.5, 0.6) is 0 Å². The quantitative estimate of drug-likeness (QED) is 0.663. The fourth-order valence-electron chi connectivity index (χ4n) is 4.71. The van der Waals surface area contributed by atoms with Gasteiger partial charge >= 0.3 is 0 Å². The molecule has 0 saturated carbocycles. The molecule has 7 heteroatoms. The van der Waals surface area contributed by atoms with Crippen LogP contribution in [0.3, 0.4) is 0 Å². The Kier molecular flexibility index (Phi) is 6.94. The van der Waals surface area contributed by atoms with Gasteiger partial charge in [-0.25, -0.2) is 0 Å². The number of likely N-dealkylation sites (tertiary alicyclic amines) is 1. The van der Waals surface area contributed by atoms with Gasteiger partial charge < -0.3 is 10.2 Å². The van der Waals surface area contributed by atoms with Crippen LogP contribution < -0.4 is 5.32 Å². The summed E-state index contributed by atoms with van der Waals surface area (Å²) >= 11 is 0. The second-order valence-corrected chi connectivity index (χ2v) is 11.1. The van der Waals surface area contributed by atoms with Crippen LogP contribution in [0.1, 0.15) is 69.2 Å². The summed E-state index contributed by atoms with van der Waals surface area (Å²) in [5.41, 5.74) is 3.59. The first kappa shape index (κ1) is 24.2. The number of amides is 1. The summed E-state index contributed by atoms with van der Waals surface area (Å²) in [5.74, 6) is 0.855. The minimum absolute atomic E-state index is 0.0501. The minimum Gasteiger partial charge on any atom is -0.356 e. The Morgan fingerprint density at radius 3 is 2.18 bits per heavy atom. The molecule has 0 bridgehead atoms. The SMILES string of the molecule is CC1=C(c2ccc(C(C)C)cc2)S(=O)(=O)N=C1N1CCC(C(=O)N[C@H](C)c2ccccc2)CC1. The molecule has 180 valence electrons. The third-order valence-corrected chi connectivity index (χ3v) is 8.27. The van der Waals surface area contributed by atoms with Crippen molar-refractivity contribution in [1.29, 1.82) is 0 Å². The van der Waals surface area contributed by atoms with E-state index < -0.39 is 10.0 Å². The van der Waals surface area contributed by atoms with E-state index in [2.05, 4.69) is 23.6 Å². The number of carbonyl (C=O) groups is 1. The fourth-order valence-corrected chi connectivity index (χ4v) is 6.20. The number of amidine groups is 1. The lowest BCUT2D eigenvalue weighted by molar-refractivity contribution is -0.126. The van der Waals surface area contributed by atoms with E-state index in [1.165, 1.54) is 5.56 Å². The summed E-state index contributed by atoms with van der Waals surface area (Å²) in [6.45, 7) is 9.24. The highest BCUT2D eigenvalue weighted by atomic mass is 32.2. The van der Waals surface area contributed by atoms with Crippen LogP contribution >= 0.6 is 0 Å². The first-order valence-corrected chi connectivity index (χ1v) is 13.4. The van der Waals surface area contributed by atoms with E-state index in [1.54, 1.807) is 0 Å². The highest BCUT2D eigenvalue weighted by molar-refractivity contribution is 8.00. The molecule has 0 aliphatic carbocycles. The van der Waals surface area contributed by atoms with E-state index in [0.29, 0.717) is 48.8 Å². The highest BCUT2D eigenvalue weighted by Crippen LogP contribution is 2.35. The molecule has 2 aliphatic heterocycles. The summed E-state index contributed by atoms with van der Waals surface area (Å²) < 4.78 is 30.0. The normalized spacial score (nSPS) is 19.3. The second kappa shape index (κ2) is 9.74. The van der Waals surface area contributed by atoms with Gasteiger partial charge in [0.2, 0.25) is 5.91 Å². The predicted octanol–water partition coefficient (Wildman–Crippen LogP) is 4.87. The molecule has 2 aromatic carbocycles. The van der Waals surface area contributed by atoms with E-state index in [1.807, 2.05) is 73.3 Å². The van der Waals surface area contributed by atoms with Crippen molar-refractivity contribution in [3.63, 3.8) is 0 Å². The molecule has 34 heavy (non-hydrogen) atoms. The summed E-state index contributed by atoms with van der Waals surface area (Å²) in [6.07, 6.45) is 1.33. The van der Waals surface area contributed by atoms with Gasteiger partial charge in [0.1, 0.15) is 10.7 Å². The van der Waals surface area contributed by atoms with Gasteiger partial charge in [-0.2, -0.15) is 8.42 Å². The molecule has 2 aliphatic rings. The standard InChI is InChI=1S/C27H33N3O3S/c1-18(2)21-10-12-23(13-11-21)25-19(3)26(29-34(25,32)33)30-16-14-24(15-17-30)27(31)28-20(4)22-8-6-5-7-9-22/h5-13,18,20,24H,14-17H2,1-4H3,(H,28,31)/t20-/m1/s1. The zero-order valence-corrected chi connectivity index (χ0v) is 21.1. The van der Waals surface area contributed by atoms with Crippen molar-refractivity contribution in [2.75, 3.05) is 13.1 Å². The number of benzene rings is 2. The van der Waals surface area contributed by atoms with Crippen molar-refractivity contribution >= 4 is 26.7 Å². The summed E-state index contributed by atoms with van der Waals surface area (Å²) in [7, 11) is -3.75. The van der Waals surface area contributed by atoms with Crippen molar-refractivity contribution in [3.8, 4) is 0 Å². The lowest BCUT2D eigenvalue weighted by Gasteiger charge is -2.33. The number of sulfonamides is 1. The number of hydrogen-bond donors (Lipinski definition) is 1. The van der Waals surface area contributed by atoms with Crippen LogP contribution in [0.4, 0.5) is 0 Å². The lowest BCUT2D eigenvalue weighted by Crippen LogP contribution is -2.43. The molecular formula is C27H33N3O3S. The first-order chi connectivity index (χ1) is 16.2. The number of hydrogen-bond acceptors (Lipinski definition) is 4. The van der Waals surface area contributed by atoms with Crippen LogP contribution in [-0.2, 0) is 14.8 Å². The maximum atomic E-state index is 12.9. The van der Waals surface area contributed by atoms with Gasteiger partial charge in [0.05, 0.1) is 6.04 Å². The molecule has 2 heterocycles. The Bertz CT molecular complexity index is 1210. The van der Waals surface area contributed by atoms with E-state index >= 15 is 0 Å². The van der Waals surface area contributed by atoms with Gasteiger partial charge in [-0.05, 0) is 49.3 Å². The molecule has 6 nitrogen and oxygen atoms in total. The molecular weight excluding hydrogens is 446 g/mol. The van der Waals surface area contributed by atoms with Gasteiger partial charge in [0.25, 0.3) is 10.0 Å². The Hall–Kier alpha value is -2.93. The fraction of sp³-hybridized carbons (Fsp3) is 0.407. The number of rotatable bonds is 5. The smallest absolute Gasteiger partial charge is 0.285 e. The van der Waals surface area contributed by atoms with Gasteiger partial charge in [0.15, 0.2) is 0 Å². The topological polar surface area (TPSA) is 78.8 Å². The molecule has 0 aromatic heterocycles. The van der Waals surface area contributed by atoms with E-state index in [4.69, 9.17) is 0 Å². The van der Waals surface area contributed by atoms with Crippen molar-refractivity contribution in [1.82, 2.24) is 10.2 Å². The van der Waals surface area contributed by atoms with E-state index in [0.717, 1.165) is 5.56 Å². The predicted molar refractivity (Wildman–Crippen MR) is 137 cm³/mol. The molecule has 1 saturated heterocycles. The highest BCUT2D eigenvalue weighted by Gasteiger charge is 2.35. The number of nitrogens with zero attached hydrogens (tertiary/aromatic N) is 2. The van der Waals surface area contributed by atoms with Crippen molar-refractivity contribution in [3.05, 3.63) is 76.9 Å². The Morgan fingerprint density at radius 2 is 1.59 bits per heavy atom. The zero-order chi connectivity index (χ0) is 24.5. The molecule has 0 radical (unpaired) electrons. The number of piperidine rings is 1. The summed E-state index contributed by atoms with van der Waals surface area (Å²) in [4.78, 5) is 15.1. The van der Waals surface area contributed by atoms with Gasteiger partial charge in [-0.15, -0.1) is 4.40 Å². The third-order valence-electron chi connectivity index (χ3n) is 6.80. The summed E-state index contributed by atoms with van der Waals surface area (Å²) in [5, 5.41) is 3.12. The maximum absolute atomic E-state index is 12.9. The van der Waals surface area contributed by atoms with Gasteiger partial charge in [-0.1, -0.05) is 68.4 Å². The molecule has 0 spiro atoms. The van der Waals surface area contributed by atoms with E-state index in [9.17, 15) is 13.2 Å². The third kappa shape index (κ3) is 4.94. The van der Waals surface area contributed by atoms with Gasteiger partial charge in [-0.3, -0.25) is 4.79 Å². The maximum Gasteiger partial charge on any atom is 0.285 e. The van der Waals surface area contributed by atoms with Crippen molar-refractivity contribution < 1.29 is 13.2 Å². The largest absolute Gasteiger partial charge is 0.356 e. The number of nitrogens with one attached hydrogen (secondary N) is 1.